The fourth-order valence-corrected chi connectivity index (χ4v) is 2.04. The van der Waals surface area contributed by atoms with E-state index in [2.05, 4.69) is 22.8 Å². The maximum Gasteiger partial charge on any atom is 0.573 e. The van der Waals surface area contributed by atoms with Gasteiger partial charge in [-0.05, 0) is 37.6 Å². The third-order valence-corrected chi connectivity index (χ3v) is 3.09. The Bertz CT molecular complexity index is 451. The summed E-state index contributed by atoms with van der Waals surface area (Å²) in [6.07, 6.45) is -0.640. The summed E-state index contributed by atoms with van der Waals surface area (Å²) >= 11 is 0. The van der Waals surface area contributed by atoms with Gasteiger partial charge < -0.3 is 9.64 Å². The van der Waals surface area contributed by atoms with Crippen LogP contribution >= 0.6 is 0 Å². The van der Waals surface area contributed by atoms with Crippen molar-refractivity contribution in [3.05, 3.63) is 41.5 Å². The number of benzene rings is 1. The Labute approximate surface area is 110 Å². The van der Waals surface area contributed by atoms with Gasteiger partial charge in [0, 0.05) is 13.1 Å². The van der Waals surface area contributed by atoms with Crippen LogP contribution in [0.5, 0.6) is 5.75 Å². The Balaban J connectivity index is 1.95. The van der Waals surface area contributed by atoms with Crippen molar-refractivity contribution in [2.45, 2.75) is 19.2 Å². The number of hydrogen-bond acceptors (Lipinski definition) is 2. The molecule has 1 heterocycles. The first-order valence-corrected chi connectivity index (χ1v) is 6.13. The van der Waals surface area contributed by atoms with Crippen molar-refractivity contribution >= 4 is 0 Å². The average Bonchev–Trinajstić information content (AvgIpc) is 2.33. The summed E-state index contributed by atoms with van der Waals surface area (Å²) in [5, 5.41) is 0. The Morgan fingerprint density at radius 1 is 1.21 bits per heavy atom. The Hall–Kier alpha value is -1.49. The second-order valence-corrected chi connectivity index (χ2v) is 4.74. The first-order valence-electron chi connectivity index (χ1n) is 6.13. The molecule has 19 heavy (non-hydrogen) atoms. The molecule has 0 aromatic heterocycles. The molecule has 1 aliphatic heterocycles. The lowest BCUT2D eigenvalue weighted by atomic mass is 10.00. The normalized spacial score (nSPS) is 17.2. The summed E-state index contributed by atoms with van der Waals surface area (Å²) in [5.41, 5.74) is 2.34. The molecule has 2 rings (SSSR count). The highest BCUT2D eigenvalue weighted by Gasteiger charge is 2.30. The molecule has 0 fully saturated rings. The number of rotatable bonds is 3. The summed E-state index contributed by atoms with van der Waals surface area (Å²) in [4.78, 5) is 2.23. The van der Waals surface area contributed by atoms with Crippen LogP contribution in [0.4, 0.5) is 13.2 Å². The van der Waals surface area contributed by atoms with Crippen molar-refractivity contribution in [3.8, 4) is 5.75 Å². The lowest BCUT2D eigenvalue weighted by Gasteiger charge is -2.22. The second-order valence-electron chi connectivity index (χ2n) is 4.74. The van der Waals surface area contributed by atoms with Crippen LogP contribution in [-0.2, 0) is 6.42 Å². The number of ether oxygens (including phenoxy) is 1. The van der Waals surface area contributed by atoms with E-state index >= 15 is 0 Å². The van der Waals surface area contributed by atoms with Gasteiger partial charge in [-0.3, -0.25) is 0 Å². The van der Waals surface area contributed by atoms with Gasteiger partial charge in [-0.2, -0.15) is 0 Å². The van der Waals surface area contributed by atoms with E-state index in [1.165, 1.54) is 17.7 Å². The van der Waals surface area contributed by atoms with Gasteiger partial charge in [0.15, 0.2) is 0 Å². The zero-order chi connectivity index (χ0) is 13.9. The molecule has 0 saturated carbocycles. The molecular weight excluding hydrogens is 255 g/mol. The quantitative estimate of drug-likeness (QED) is 0.781. The van der Waals surface area contributed by atoms with Gasteiger partial charge in [0.25, 0.3) is 0 Å². The van der Waals surface area contributed by atoms with Crippen LogP contribution in [0, 0.1) is 0 Å². The zero-order valence-corrected chi connectivity index (χ0v) is 10.7. The van der Waals surface area contributed by atoms with Crippen LogP contribution in [0.15, 0.2) is 35.9 Å². The van der Waals surface area contributed by atoms with Crippen molar-refractivity contribution in [3.63, 3.8) is 0 Å². The third kappa shape index (κ3) is 4.59. The van der Waals surface area contributed by atoms with E-state index in [0.29, 0.717) is 0 Å². The number of alkyl halides is 3. The largest absolute Gasteiger partial charge is 0.573 e. The van der Waals surface area contributed by atoms with Gasteiger partial charge in [-0.1, -0.05) is 23.8 Å². The molecule has 0 saturated heterocycles. The monoisotopic (exact) mass is 271 g/mol. The molecule has 0 aliphatic carbocycles. The molecule has 1 aliphatic rings. The average molecular weight is 271 g/mol. The minimum absolute atomic E-state index is 0.173. The van der Waals surface area contributed by atoms with Crippen molar-refractivity contribution in [2.75, 3.05) is 20.1 Å². The molecule has 1 aromatic rings. The molecule has 0 bridgehead atoms. The maximum atomic E-state index is 12.0. The van der Waals surface area contributed by atoms with Crippen molar-refractivity contribution in [1.82, 2.24) is 4.90 Å². The summed E-state index contributed by atoms with van der Waals surface area (Å²) in [6.45, 7) is 1.96. The van der Waals surface area contributed by atoms with Gasteiger partial charge in [0.1, 0.15) is 5.75 Å². The Morgan fingerprint density at radius 3 is 2.42 bits per heavy atom. The fourth-order valence-electron chi connectivity index (χ4n) is 2.04. The Kier molecular flexibility index (Phi) is 4.14. The molecule has 5 heteroatoms. The van der Waals surface area contributed by atoms with E-state index in [-0.39, 0.29) is 5.75 Å². The highest BCUT2D eigenvalue weighted by Crippen LogP contribution is 2.24. The number of halogens is 3. The minimum Gasteiger partial charge on any atom is -0.406 e. The molecule has 0 N–H and O–H groups in total. The van der Waals surface area contributed by atoms with Crippen molar-refractivity contribution < 1.29 is 17.9 Å². The summed E-state index contributed by atoms with van der Waals surface area (Å²) in [7, 11) is 2.07. The highest BCUT2D eigenvalue weighted by molar-refractivity contribution is 5.30. The van der Waals surface area contributed by atoms with Gasteiger partial charge in [0.05, 0.1) is 0 Å². The second kappa shape index (κ2) is 5.65. The van der Waals surface area contributed by atoms with Crippen molar-refractivity contribution in [2.24, 2.45) is 0 Å². The van der Waals surface area contributed by atoms with Gasteiger partial charge >= 0.3 is 6.36 Å². The van der Waals surface area contributed by atoms with E-state index in [1.54, 1.807) is 12.1 Å². The summed E-state index contributed by atoms with van der Waals surface area (Å²) in [5.74, 6) is -0.173. The lowest BCUT2D eigenvalue weighted by Crippen LogP contribution is -2.24. The van der Waals surface area contributed by atoms with Crippen LogP contribution in [0.1, 0.15) is 12.0 Å². The van der Waals surface area contributed by atoms with Crippen LogP contribution in [-0.4, -0.2) is 31.4 Å². The molecule has 0 radical (unpaired) electrons. The van der Waals surface area contributed by atoms with E-state index in [4.69, 9.17) is 0 Å². The predicted molar refractivity (Wildman–Crippen MR) is 67.0 cm³/mol. The highest BCUT2D eigenvalue weighted by atomic mass is 19.4. The van der Waals surface area contributed by atoms with E-state index in [0.717, 1.165) is 31.5 Å². The number of nitrogens with zero attached hydrogens (tertiary/aromatic N) is 1. The molecule has 0 spiro atoms. The summed E-state index contributed by atoms with van der Waals surface area (Å²) < 4.78 is 39.9. The SMILES string of the molecule is CN1CC=C(Cc2ccc(OC(F)(F)F)cc2)CC1. The van der Waals surface area contributed by atoms with E-state index < -0.39 is 6.36 Å². The van der Waals surface area contributed by atoms with Gasteiger partial charge in [-0.25, -0.2) is 0 Å². The minimum atomic E-state index is -4.63. The molecule has 104 valence electrons. The van der Waals surface area contributed by atoms with Gasteiger partial charge in [0.2, 0.25) is 0 Å². The first-order chi connectivity index (χ1) is 8.92. The van der Waals surface area contributed by atoms with Crippen LogP contribution in [0.3, 0.4) is 0 Å². The van der Waals surface area contributed by atoms with Crippen LogP contribution in [0.25, 0.3) is 0 Å². The smallest absolute Gasteiger partial charge is 0.406 e. The standard InChI is InChI=1S/C14H16F3NO/c1-18-8-6-12(7-9-18)10-11-2-4-13(5-3-11)19-14(15,16)17/h2-6H,7-10H2,1H3. The van der Waals surface area contributed by atoms with E-state index in [1.807, 2.05) is 0 Å². The maximum absolute atomic E-state index is 12.0. The molecule has 0 atom stereocenters. The molecule has 0 amide bonds. The Morgan fingerprint density at radius 2 is 1.89 bits per heavy atom. The molecule has 1 aromatic carbocycles. The topological polar surface area (TPSA) is 12.5 Å². The number of hydrogen-bond donors (Lipinski definition) is 0. The third-order valence-electron chi connectivity index (χ3n) is 3.09. The fraction of sp³-hybridized carbons (Fsp3) is 0.429. The first kappa shape index (κ1) is 13.9. The van der Waals surface area contributed by atoms with Crippen molar-refractivity contribution in [1.29, 1.82) is 0 Å². The van der Waals surface area contributed by atoms with Crippen LogP contribution < -0.4 is 4.74 Å². The summed E-state index contributed by atoms with van der Waals surface area (Å²) in [6, 6.07) is 6.08. The molecule has 0 unspecified atom stereocenters. The van der Waals surface area contributed by atoms with Crippen LogP contribution in [0.2, 0.25) is 0 Å². The molecular formula is C14H16F3NO. The lowest BCUT2D eigenvalue weighted by molar-refractivity contribution is -0.274. The van der Waals surface area contributed by atoms with E-state index in [9.17, 15) is 13.2 Å². The van der Waals surface area contributed by atoms with Gasteiger partial charge in [-0.15, -0.1) is 13.2 Å². The number of likely N-dealkylation sites (N-methyl/N-ethyl adjacent to an activating group) is 1. The predicted octanol–water partition coefficient (Wildman–Crippen LogP) is 3.39. The molecule has 2 nitrogen and oxygen atoms in total. The zero-order valence-electron chi connectivity index (χ0n) is 10.7.